The van der Waals surface area contributed by atoms with Gasteiger partial charge in [-0.25, -0.2) is 4.72 Å². The highest BCUT2D eigenvalue weighted by Gasteiger charge is 2.50. The molecule has 8 heavy (non-hydrogen) atoms. The highest BCUT2D eigenvalue weighted by Crippen LogP contribution is 2.41. The molecule has 0 aromatic rings. The SMILES string of the molecule is CC1N[SH]1(=O)C1CC1. The number of hydrogen-bond donors (Lipinski definition) is 2. The van der Waals surface area contributed by atoms with Crippen molar-refractivity contribution in [2.75, 3.05) is 0 Å². The van der Waals surface area contributed by atoms with Crippen LogP contribution in [0.5, 0.6) is 0 Å². The molecule has 1 aliphatic carbocycles. The fourth-order valence-electron chi connectivity index (χ4n) is 1.14. The first kappa shape index (κ1) is 4.94. The Bertz CT molecular complexity index is 164. The van der Waals surface area contributed by atoms with Gasteiger partial charge in [-0.3, -0.25) is 4.21 Å². The van der Waals surface area contributed by atoms with Crippen molar-refractivity contribution in [2.24, 2.45) is 0 Å². The summed E-state index contributed by atoms with van der Waals surface area (Å²) in [5, 5.41) is 0.937. The summed E-state index contributed by atoms with van der Waals surface area (Å²) in [4.78, 5) is 0. The Morgan fingerprint density at radius 3 is 2.25 bits per heavy atom. The average molecular weight is 133 g/mol. The van der Waals surface area contributed by atoms with Crippen LogP contribution in [-0.2, 0) is 10.1 Å². The molecule has 1 N–H and O–H groups in total. The summed E-state index contributed by atoms with van der Waals surface area (Å²) >= 11 is 0. The van der Waals surface area contributed by atoms with Crippen LogP contribution in [0, 0.1) is 0 Å². The third kappa shape index (κ3) is 0.486. The molecule has 2 nitrogen and oxygen atoms in total. The van der Waals surface area contributed by atoms with E-state index in [0.29, 0.717) is 10.6 Å². The molecule has 3 heteroatoms. The molecule has 0 amide bonds. The van der Waals surface area contributed by atoms with Crippen molar-refractivity contribution in [3.05, 3.63) is 0 Å². The first-order valence-corrected chi connectivity index (χ1v) is 4.95. The van der Waals surface area contributed by atoms with Crippen molar-refractivity contribution >= 4 is 10.1 Å². The number of thiol groups is 1. The predicted molar refractivity (Wildman–Crippen MR) is 35.2 cm³/mol. The third-order valence-electron chi connectivity index (χ3n) is 1.99. The topological polar surface area (TPSA) is 39.0 Å². The summed E-state index contributed by atoms with van der Waals surface area (Å²) in [6.45, 7) is 2.01. The van der Waals surface area contributed by atoms with Crippen molar-refractivity contribution in [3.8, 4) is 0 Å². The van der Waals surface area contributed by atoms with Crippen LogP contribution in [-0.4, -0.2) is 14.8 Å². The van der Waals surface area contributed by atoms with Gasteiger partial charge >= 0.3 is 0 Å². The molecule has 2 aliphatic rings. The second-order valence-corrected chi connectivity index (χ2v) is 5.93. The van der Waals surface area contributed by atoms with Crippen LogP contribution in [0.4, 0.5) is 0 Å². The van der Waals surface area contributed by atoms with Crippen molar-refractivity contribution in [2.45, 2.75) is 30.4 Å². The molecule has 0 radical (unpaired) electrons. The van der Waals surface area contributed by atoms with Gasteiger partial charge in [-0.2, -0.15) is 0 Å². The molecule has 0 aromatic carbocycles. The fourth-order valence-corrected chi connectivity index (χ4v) is 3.76. The summed E-state index contributed by atoms with van der Waals surface area (Å²) in [7, 11) is -1.72. The van der Waals surface area contributed by atoms with E-state index >= 15 is 0 Å². The molecular formula is C5H11NOS. The van der Waals surface area contributed by atoms with Gasteiger partial charge in [0.05, 0.1) is 5.37 Å². The molecule has 2 rings (SSSR count). The molecule has 1 unspecified atom stereocenters. The van der Waals surface area contributed by atoms with Crippen molar-refractivity contribution in [3.63, 3.8) is 0 Å². The molecule has 0 bridgehead atoms. The summed E-state index contributed by atoms with van der Waals surface area (Å²) in [5.41, 5.74) is 0. The van der Waals surface area contributed by atoms with Crippen molar-refractivity contribution < 1.29 is 4.21 Å². The molecular weight excluding hydrogens is 122 g/mol. The second kappa shape index (κ2) is 1.16. The molecule has 48 valence electrons. The molecule has 1 atom stereocenters. The lowest BCUT2D eigenvalue weighted by molar-refractivity contribution is 0.680. The van der Waals surface area contributed by atoms with Crippen molar-refractivity contribution in [1.82, 2.24) is 4.72 Å². The number of rotatable bonds is 1. The third-order valence-corrected chi connectivity index (χ3v) is 5.38. The summed E-state index contributed by atoms with van der Waals surface area (Å²) in [5.74, 6) is 0. The number of hydrogen-bond acceptors (Lipinski definition) is 1. The Morgan fingerprint density at radius 1 is 1.62 bits per heavy atom. The Kier molecular flexibility index (Phi) is 0.718. The highest BCUT2D eigenvalue weighted by molar-refractivity contribution is 8.08. The van der Waals surface area contributed by atoms with E-state index in [-0.39, 0.29) is 0 Å². The lowest BCUT2D eigenvalue weighted by Gasteiger charge is -1.92. The van der Waals surface area contributed by atoms with Gasteiger partial charge in [0.2, 0.25) is 0 Å². The van der Waals surface area contributed by atoms with Crippen LogP contribution < -0.4 is 4.72 Å². The normalized spacial score (nSPS) is 45.9. The standard InChI is InChI=1S/C5H11NOS/c1-4-6-8(4,7)5-2-3-5/h4-5,8H,2-3H2,1H3,(H,6,7). The van der Waals surface area contributed by atoms with Crippen molar-refractivity contribution in [1.29, 1.82) is 0 Å². The number of nitrogens with one attached hydrogen (secondary N) is 1. The minimum Gasteiger partial charge on any atom is -0.269 e. The Balaban J connectivity index is 2.15. The summed E-state index contributed by atoms with van der Waals surface area (Å²) < 4.78 is 14.3. The highest BCUT2D eigenvalue weighted by atomic mass is 32.3. The monoisotopic (exact) mass is 133 g/mol. The lowest BCUT2D eigenvalue weighted by atomic mass is 10.8. The molecule has 2 fully saturated rings. The molecule has 0 spiro atoms. The molecule has 1 saturated carbocycles. The molecule has 1 saturated heterocycles. The van der Waals surface area contributed by atoms with Gasteiger partial charge in [-0.15, -0.1) is 0 Å². The maximum atomic E-state index is 11.3. The van der Waals surface area contributed by atoms with E-state index in [2.05, 4.69) is 4.72 Å². The van der Waals surface area contributed by atoms with Gasteiger partial charge in [0, 0.05) is 5.25 Å². The average Bonchev–Trinajstić information content (AvgIpc) is 2.44. The summed E-state index contributed by atoms with van der Waals surface area (Å²) in [6, 6.07) is 0. The van der Waals surface area contributed by atoms with Crippen LogP contribution in [0.25, 0.3) is 0 Å². The predicted octanol–water partition coefficient (Wildman–Crippen LogP) is 0.0297. The van der Waals surface area contributed by atoms with Gasteiger partial charge in [-0.05, 0) is 29.9 Å². The van der Waals surface area contributed by atoms with Gasteiger partial charge in [0.1, 0.15) is 0 Å². The zero-order valence-electron chi connectivity index (χ0n) is 4.92. The Hall–Kier alpha value is 0.110. The first-order chi connectivity index (χ1) is 3.73. The quantitative estimate of drug-likeness (QED) is 0.384. The maximum Gasteiger partial charge on any atom is 0.0798 e. The van der Waals surface area contributed by atoms with Crippen LogP contribution in [0.3, 0.4) is 0 Å². The van der Waals surface area contributed by atoms with E-state index in [1.165, 1.54) is 12.8 Å². The zero-order valence-corrected chi connectivity index (χ0v) is 5.82. The van der Waals surface area contributed by atoms with E-state index in [0.717, 1.165) is 0 Å². The van der Waals surface area contributed by atoms with Gasteiger partial charge in [0.25, 0.3) is 0 Å². The largest absolute Gasteiger partial charge is 0.269 e. The maximum absolute atomic E-state index is 11.3. The van der Waals surface area contributed by atoms with E-state index in [1.807, 2.05) is 6.92 Å². The van der Waals surface area contributed by atoms with Gasteiger partial charge < -0.3 is 0 Å². The lowest BCUT2D eigenvalue weighted by Crippen LogP contribution is -2.01. The molecule has 0 aromatic heterocycles. The minimum atomic E-state index is -1.72. The first-order valence-electron chi connectivity index (χ1n) is 3.11. The van der Waals surface area contributed by atoms with Crippen LogP contribution in [0.1, 0.15) is 19.8 Å². The zero-order chi connectivity index (χ0) is 5.78. The van der Waals surface area contributed by atoms with Gasteiger partial charge in [-0.1, -0.05) is 0 Å². The molecule has 1 aliphatic heterocycles. The molecule has 1 heterocycles. The Labute approximate surface area is 50.2 Å². The van der Waals surface area contributed by atoms with Crippen LogP contribution >= 0.6 is 0 Å². The fraction of sp³-hybridized carbons (Fsp3) is 1.00. The second-order valence-electron chi connectivity index (χ2n) is 2.75. The van der Waals surface area contributed by atoms with Crippen LogP contribution in [0.2, 0.25) is 0 Å². The van der Waals surface area contributed by atoms with Gasteiger partial charge in [0.15, 0.2) is 0 Å². The van der Waals surface area contributed by atoms with E-state index in [4.69, 9.17) is 0 Å². The minimum absolute atomic E-state index is 0.356. The summed E-state index contributed by atoms with van der Waals surface area (Å²) in [6.07, 6.45) is 2.41. The van der Waals surface area contributed by atoms with E-state index in [9.17, 15) is 4.21 Å². The Morgan fingerprint density at radius 2 is 2.12 bits per heavy atom. The van der Waals surface area contributed by atoms with E-state index in [1.54, 1.807) is 0 Å². The van der Waals surface area contributed by atoms with Crippen LogP contribution in [0.15, 0.2) is 0 Å². The van der Waals surface area contributed by atoms with E-state index < -0.39 is 10.1 Å². The smallest absolute Gasteiger partial charge is 0.0798 e.